The van der Waals surface area contributed by atoms with Crippen LogP contribution in [0.3, 0.4) is 0 Å². The highest BCUT2D eigenvalue weighted by atomic mass is 19.1. The van der Waals surface area contributed by atoms with Crippen molar-refractivity contribution in [3.8, 4) is 5.75 Å². The van der Waals surface area contributed by atoms with Gasteiger partial charge >= 0.3 is 0 Å². The Morgan fingerprint density at radius 3 is 2.48 bits per heavy atom. The van der Waals surface area contributed by atoms with Crippen LogP contribution in [0.2, 0.25) is 0 Å². The third-order valence-corrected chi connectivity index (χ3v) is 4.64. The maximum atomic E-state index is 14.1. The third-order valence-electron chi connectivity index (χ3n) is 4.64. The number of likely N-dealkylation sites (N-methyl/N-ethyl adjacent to an activating group) is 1. The summed E-state index contributed by atoms with van der Waals surface area (Å²) in [6.45, 7) is 6.38. The molecule has 0 radical (unpaired) electrons. The Bertz CT molecular complexity index is 808. The summed E-state index contributed by atoms with van der Waals surface area (Å²) >= 11 is 0. The number of nitrogens with zero attached hydrogens (tertiary/aromatic N) is 1. The van der Waals surface area contributed by atoms with Gasteiger partial charge in [-0.25, -0.2) is 4.39 Å². The Labute approximate surface area is 171 Å². The molecule has 2 aromatic rings. The zero-order chi connectivity index (χ0) is 21.2. The molecule has 0 heterocycles. The number of benzene rings is 2. The van der Waals surface area contributed by atoms with Crippen molar-refractivity contribution in [1.82, 2.24) is 10.2 Å². The summed E-state index contributed by atoms with van der Waals surface area (Å²) in [6, 6.07) is 13.3. The highest BCUT2D eigenvalue weighted by molar-refractivity contribution is 5.87. The number of nitrogens with one attached hydrogen (secondary N) is 1. The second-order valence-electron chi connectivity index (χ2n) is 6.95. The summed E-state index contributed by atoms with van der Waals surface area (Å²) in [7, 11) is 0. The van der Waals surface area contributed by atoms with Crippen molar-refractivity contribution >= 4 is 11.8 Å². The second-order valence-corrected chi connectivity index (χ2v) is 6.95. The number of rotatable bonds is 10. The van der Waals surface area contributed by atoms with Gasteiger partial charge in [-0.15, -0.1) is 0 Å². The van der Waals surface area contributed by atoms with Gasteiger partial charge in [0.15, 0.2) is 0 Å². The molecule has 0 aliphatic heterocycles. The van der Waals surface area contributed by atoms with E-state index in [2.05, 4.69) is 5.32 Å². The van der Waals surface area contributed by atoms with Gasteiger partial charge in [0.1, 0.15) is 17.6 Å². The predicted octanol–water partition coefficient (Wildman–Crippen LogP) is 3.85. The fourth-order valence-corrected chi connectivity index (χ4v) is 2.91. The standard InChI is InChI=1S/C23H29FN2O3/c1-4-25-23(28)18(3)26(16-19-8-5-6-9-21(19)24)22(27)10-7-15-29-20-13-11-17(2)12-14-20/h5-6,8-9,11-14,18H,4,7,10,15-16H2,1-3H3,(H,25,28)/t18-/m1/s1. The summed E-state index contributed by atoms with van der Waals surface area (Å²) in [5.41, 5.74) is 1.53. The summed E-state index contributed by atoms with van der Waals surface area (Å²) in [4.78, 5) is 26.5. The van der Waals surface area contributed by atoms with Crippen LogP contribution in [0.5, 0.6) is 5.75 Å². The largest absolute Gasteiger partial charge is 0.494 e. The van der Waals surface area contributed by atoms with Crippen molar-refractivity contribution in [2.24, 2.45) is 0 Å². The SMILES string of the molecule is CCNC(=O)[C@@H](C)N(Cc1ccccc1F)C(=O)CCCOc1ccc(C)cc1. The lowest BCUT2D eigenvalue weighted by atomic mass is 10.1. The molecule has 0 saturated carbocycles. The summed E-state index contributed by atoms with van der Waals surface area (Å²) in [5.74, 6) is -0.106. The molecule has 0 aliphatic carbocycles. The van der Waals surface area contributed by atoms with Crippen LogP contribution in [0, 0.1) is 12.7 Å². The molecule has 2 amide bonds. The molecule has 0 spiro atoms. The molecule has 0 bridgehead atoms. The van der Waals surface area contributed by atoms with Gasteiger partial charge in [-0.2, -0.15) is 0 Å². The summed E-state index contributed by atoms with van der Waals surface area (Å²) in [6.07, 6.45) is 0.715. The zero-order valence-corrected chi connectivity index (χ0v) is 17.3. The first-order valence-corrected chi connectivity index (χ1v) is 9.92. The van der Waals surface area contributed by atoms with Gasteiger partial charge in [-0.3, -0.25) is 9.59 Å². The Morgan fingerprint density at radius 2 is 1.83 bits per heavy atom. The van der Waals surface area contributed by atoms with Crippen LogP contribution in [0.15, 0.2) is 48.5 Å². The summed E-state index contributed by atoms with van der Waals surface area (Å²) < 4.78 is 19.8. The van der Waals surface area contributed by atoms with Gasteiger partial charge in [0.05, 0.1) is 6.61 Å². The minimum absolute atomic E-state index is 0.0443. The first-order chi connectivity index (χ1) is 13.9. The van der Waals surface area contributed by atoms with E-state index in [0.717, 1.165) is 11.3 Å². The average Bonchev–Trinajstić information content (AvgIpc) is 2.71. The van der Waals surface area contributed by atoms with E-state index in [4.69, 9.17) is 4.74 Å². The number of amides is 2. The molecule has 0 unspecified atom stereocenters. The Balaban J connectivity index is 1.98. The average molecular weight is 400 g/mol. The number of hydrogen-bond donors (Lipinski definition) is 1. The van der Waals surface area contributed by atoms with E-state index in [0.29, 0.717) is 25.1 Å². The lowest BCUT2D eigenvalue weighted by Crippen LogP contribution is -2.47. The molecular formula is C23H29FN2O3. The van der Waals surface area contributed by atoms with Gasteiger partial charge in [0, 0.05) is 25.1 Å². The van der Waals surface area contributed by atoms with Crippen molar-refractivity contribution in [3.05, 3.63) is 65.5 Å². The van der Waals surface area contributed by atoms with Crippen LogP contribution >= 0.6 is 0 Å². The van der Waals surface area contributed by atoms with Crippen molar-refractivity contribution in [1.29, 1.82) is 0 Å². The second kappa shape index (κ2) is 11.2. The predicted molar refractivity (Wildman–Crippen MR) is 111 cm³/mol. The smallest absolute Gasteiger partial charge is 0.242 e. The lowest BCUT2D eigenvalue weighted by molar-refractivity contribution is -0.140. The fourth-order valence-electron chi connectivity index (χ4n) is 2.91. The van der Waals surface area contributed by atoms with Crippen LogP contribution in [0.25, 0.3) is 0 Å². The van der Waals surface area contributed by atoms with E-state index in [9.17, 15) is 14.0 Å². The van der Waals surface area contributed by atoms with Crippen molar-refractivity contribution in [3.63, 3.8) is 0 Å². The molecule has 1 N–H and O–H groups in total. The Kier molecular flexibility index (Phi) is 8.65. The maximum absolute atomic E-state index is 14.1. The molecule has 0 saturated heterocycles. The molecule has 0 fully saturated rings. The van der Waals surface area contributed by atoms with Gasteiger partial charge in [0.2, 0.25) is 11.8 Å². The first-order valence-electron chi connectivity index (χ1n) is 9.92. The first kappa shape index (κ1) is 22.4. The van der Waals surface area contributed by atoms with Crippen molar-refractivity contribution in [2.45, 2.75) is 46.2 Å². The number of carbonyl (C=O) groups excluding carboxylic acids is 2. The van der Waals surface area contributed by atoms with Gasteiger partial charge < -0.3 is 15.0 Å². The highest BCUT2D eigenvalue weighted by Gasteiger charge is 2.26. The van der Waals surface area contributed by atoms with Crippen LogP contribution in [-0.4, -0.2) is 35.9 Å². The van der Waals surface area contributed by atoms with Gasteiger partial charge in [-0.1, -0.05) is 35.9 Å². The van der Waals surface area contributed by atoms with Crippen molar-refractivity contribution < 1.29 is 18.7 Å². The molecule has 0 aliphatic rings. The molecule has 1 atom stereocenters. The fraction of sp³-hybridized carbons (Fsp3) is 0.391. The minimum atomic E-state index is -0.694. The van der Waals surface area contributed by atoms with E-state index in [1.54, 1.807) is 25.1 Å². The number of aryl methyl sites for hydroxylation is 1. The molecule has 29 heavy (non-hydrogen) atoms. The monoisotopic (exact) mass is 400 g/mol. The molecule has 0 aromatic heterocycles. The Morgan fingerprint density at radius 1 is 1.14 bits per heavy atom. The van der Waals surface area contributed by atoms with E-state index in [1.807, 2.05) is 38.1 Å². The molecule has 2 rings (SSSR count). The lowest BCUT2D eigenvalue weighted by Gasteiger charge is -2.29. The topological polar surface area (TPSA) is 58.6 Å². The maximum Gasteiger partial charge on any atom is 0.242 e. The molecule has 156 valence electrons. The van der Waals surface area contributed by atoms with Crippen LogP contribution in [0.4, 0.5) is 4.39 Å². The van der Waals surface area contributed by atoms with E-state index >= 15 is 0 Å². The number of halogens is 1. The molecular weight excluding hydrogens is 371 g/mol. The highest BCUT2D eigenvalue weighted by Crippen LogP contribution is 2.16. The van der Waals surface area contributed by atoms with Crippen molar-refractivity contribution in [2.75, 3.05) is 13.2 Å². The zero-order valence-electron chi connectivity index (χ0n) is 17.3. The van der Waals surface area contributed by atoms with E-state index in [1.165, 1.54) is 11.0 Å². The molecule has 6 heteroatoms. The molecule has 5 nitrogen and oxygen atoms in total. The van der Waals surface area contributed by atoms with Crippen LogP contribution in [0.1, 0.15) is 37.8 Å². The van der Waals surface area contributed by atoms with E-state index in [-0.39, 0.29) is 24.8 Å². The third kappa shape index (κ3) is 6.89. The van der Waals surface area contributed by atoms with Crippen LogP contribution in [-0.2, 0) is 16.1 Å². The van der Waals surface area contributed by atoms with Crippen LogP contribution < -0.4 is 10.1 Å². The Hall–Kier alpha value is -2.89. The normalized spacial score (nSPS) is 11.6. The van der Waals surface area contributed by atoms with Gasteiger partial charge in [-0.05, 0) is 45.4 Å². The number of carbonyl (C=O) groups is 2. The quantitative estimate of drug-likeness (QED) is 0.617. The number of ether oxygens (including phenoxy) is 1. The molecule has 2 aromatic carbocycles. The van der Waals surface area contributed by atoms with Gasteiger partial charge in [0.25, 0.3) is 0 Å². The number of hydrogen-bond acceptors (Lipinski definition) is 3. The van der Waals surface area contributed by atoms with E-state index < -0.39 is 11.9 Å². The summed E-state index contributed by atoms with van der Waals surface area (Å²) in [5, 5.41) is 2.72. The minimum Gasteiger partial charge on any atom is -0.494 e.